The summed E-state index contributed by atoms with van der Waals surface area (Å²) in [7, 11) is -3.40. The Bertz CT molecular complexity index is 867. The van der Waals surface area contributed by atoms with Gasteiger partial charge in [-0.3, -0.25) is 9.12 Å². The maximum Gasteiger partial charge on any atom is 0.242 e. The van der Waals surface area contributed by atoms with E-state index in [1.54, 1.807) is 4.40 Å². The third kappa shape index (κ3) is 3.89. The average molecular weight is 364 g/mol. The Morgan fingerprint density at radius 2 is 1.96 bits per heavy atom. The monoisotopic (exact) mass is 364 g/mol. The van der Waals surface area contributed by atoms with E-state index in [1.165, 1.54) is 32.1 Å². The Balaban J connectivity index is 1.61. The quantitative estimate of drug-likeness (QED) is 0.852. The smallest absolute Gasteiger partial charge is 0.242 e. The molecule has 2 fully saturated rings. The standard InChI is InChI=1S/C17H24N4O3S/c1-25(22,23)20-17-19-18-16-9-15(14(10-21(16)17)13-7-8-13)24-11-12-5-3-2-4-6-12/h9-10,12-13H,2-8,11H2,1H3,(H,19,20). The first-order valence-electron chi connectivity index (χ1n) is 8.99. The molecule has 4 rings (SSSR count). The SMILES string of the molecule is CS(=O)(=O)Nc1nnc2cc(OCC3CCCCC3)c(C3CC3)cn12. The Hall–Kier alpha value is -1.83. The van der Waals surface area contributed by atoms with Crippen molar-refractivity contribution in [2.75, 3.05) is 17.6 Å². The van der Waals surface area contributed by atoms with Gasteiger partial charge in [0.1, 0.15) is 5.75 Å². The Morgan fingerprint density at radius 1 is 1.20 bits per heavy atom. The summed E-state index contributed by atoms with van der Waals surface area (Å²) in [4.78, 5) is 0. The third-order valence-electron chi connectivity index (χ3n) is 5.03. The molecule has 2 heterocycles. The molecule has 2 aromatic heterocycles. The number of anilines is 1. The number of aromatic nitrogens is 3. The van der Waals surface area contributed by atoms with Crippen LogP contribution in [0.4, 0.5) is 5.95 Å². The van der Waals surface area contributed by atoms with Crippen molar-refractivity contribution in [1.29, 1.82) is 0 Å². The predicted molar refractivity (Wildman–Crippen MR) is 95.5 cm³/mol. The van der Waals surface area contributed by atoms with Gasteiger partial charge in [-0.25, -0.2) is 8.42 Å². The summed E-state index contributed by atoms with van der Waals surface area (Å²) >= 11 is 0. The summed E-state index contributed by atoms with van der Waals surface area (Å²) in [6.45, 7) is 0.748. The number of sulfonamides is 1. The van der Waals surface area contributed by atoms with Crippen molar-refractivity contribution in [2.24, 2.45) is 5.92 Å². The minimum Gasteiger partial charge on any atom is -0.493 e. The first kappa shape index (κ1) is 16.6. The van der Waals surface area contributed by atoms with Crippen molar-refractivity contribution >= 4 is 21.6 Å². The summed E-state index contributed by atoms with van der Waals surface area (Å²) in [5.41, 5.74) is 1.72. The van der Waals surface area contributed by atoms with Crippen LogP contribution >= 0.6 is 0 Å². The molecule has 0 bridgehead atoms. The summed E-state index contributed by atoms with van der Waals surface area (Å²) in [5, 5.41) is 8.04. The Labute approximate surface area is 147 Å². The predicted octanol–water partition coefficient (Wildman–Crippen LogP) is 2.94. The van der Waals surface area contributed by atoms with Crippen LogP contribution in [0.3, 0.4) is 0 Å². The average Bonchev–Trinajstić information content (AvgIpc) is 3.35. The molecule has 2 saturated carbocycles. The fourth-order valence-corrected chi connectivity index (χ4v) is 4.03. The van der Waals surface area contributed by atoms with E-state index in [-0.39, 0.29) is 5.95 Å². The third-order valence-corrected chi connectivity index (χ3v) is 5.58. The molecule has 0 aliphatic heterocycles. The molecule has 1 N–H and O–H groups in total. The number of hydrogen-bond acceptors (Lipinski definition) is 5. The van der Waals surface area contributed by atoms with Gasteiger partial charge in [0.15, 0.2) is 5.65 Å². The number of nitrogens with one attached hydrogen (secondary N) is 1. The summed E-state index contributed by atoms with van der Waals surface area (Å²) in [6.07, 6.45) is 11.7. The van der Waals surface area contributed by atoms with Crippen LogP contribution in [0.1, 0.15) is 56.4 Å². The van der Waals surface area contributed by atoms with Crippen LogP contribution in [0.2, 0.25) is 0 Å². The maximum atomic E-state index is 11.5. The van der Waals surface area contributed by atoms with Gasteiger partial charge in [0.25, 0.3) is 0 Å². The van der Waals surface area contributed by atoms with Crippen LogP contribution in [-0.2, 0) is 10.0 Å². The fourth-order valence-electron chi connectivity index (χ4n) is 3.56. The molecule has 0 radical (unpaired) electrons. The molecule has 8 heteroatoms. The van der Waals surface area contributed by atoms with Gasteiger partial charge in [-0.05, 0) is 37.5 Å². The number of ether oxygens (including phenoxy) is 1. The van der Waals surface area contributed by atoms with Gasteiger partial charge in [-0.2, -0.15) is 0 Å². The zero-order valence-electron chi connectivity index (χ0n) is 14.4. The fraction of sp³-hybridized carbons (Fsp3) is 0.647. The molecule has 0 amide bonds. The van der Waals surface area contributed by atoms with E-state index in [2.05, 4.69) is 14.9 Å². The van der Waals surface area contributed by atoms with Gasteiger partial charge in [0.2, 0.25) is 16.0 Å². The largest absolute Gasteiger partial charge is 0.493 e. The van der Waals surface area contributed by atoms with Crippen LogP contribution in [0.5, 0.6) is 5.75 Å². The summed E-state index contributed by atoms with van der Waals surface area (Å²) in [6, 6.07) is 1.89. The lowest BCUT2D eigenvalue weighted by Gasteiger charge is -2.22. The molecule has 2 aromatic rings. The van der Waals surface area contributed by atoms with Crippen molar-refractivity contribution < 1.29 is 13.2 Å². The molecule has 0 spiro atoms. The van der Waals surface area contributed by atoms with E-state index in [1.807, 2.05) is 12.3 Å². The summed E-state index contributed by atoms with van der Waals surface area (Å²) < 4.78 is 33.3. The van der Waals surface area contributed by atoms with E-state index in [4.69, 9.17) is 4.74 Å². The van der Waals surface area contributed by atoms with E-state index >= 15 is 0 Å². The lowest BCUT2D eigenvalue weighted by Crippen LogP contribution is -2.16. The van der Waals surface area contributed by atoms with Crippen LogP contribution < -0.4 is 9.46 Å². The normalized spacial score (nSPS) is 19.2. The van der Waals surface area contributed by atoms with E-state index in [0.29, 0.717) is 17.5 Å². The Kier molecular flexibility index (Phi) is 4.31. The second kappa shape index (κ2) is 6.48. The molecule has 0 atom stereocenters. The van der Waals surface area contributed by atoms with E-state index in [0.717, 1.165) is 37.0 Å². The lowest BCUT2D eigenvalue weighted by molar-refractivity contribution is 0.207. The number of pyridine rings is 1. The van der Waals surface area contributed by atoms with Gasteiger partial charge in [0, 0.05) is 17.8 Å². The lowest BCUT2D eigenvalue weighted by atomic mass is 9.90. The zero-order valence-corrected chi connectivity index (χ0v) is 15.3. The van der Waals surface area contributed by atoms with Gasteiger partial charge in [0.05, 0.1) is 12.9 Å². The number of rotatable bonds is 6. The molecule has 0 saturated heterocycles. The molecule has 0 unspecified atom stereocenters. The highest BCUT2D eigenvalue weighted by Gasteiger charge is 2.29. The summed E-state index contributed by atoms with van der Waals surface area (Å²) in [5.74, 6) is 2.22. The molecule has 0 aromatic carbocycles. The minimum atomic E-state index is -3.40. The van der Waals surface area contributed by atoms with Crippen molar-refractivity contribution in [1.82, 2.24) is 14.6 Å². The molecule has 136 valence electrons. The highest BCUT2D eigenvalue weighted by atomic mass is 32.2. The second-order valence-electron chi connectivity index (χ2n) is 7.31. The number of fused-ring (bicyclic) bond motifs is 1. The maximum absolute atomic E-state index is 11.5. The van der Waals surface area contributed by atoms with Crippen LogP contribution in [-0.4, -0.2) is 35.9 Å². The van der Waals surface area contributed by atoms with E-state index in [9.17, 15) is 8.42 Å². The zero-order chi connectivity index (χ0) is 17.4. The van der Waals surface area contributed by atoms with Gasteiger partial charge >= 0.3 is 0 Å². The van der Waals surface area contributed by atoms with Crippen molar-refractivity contribution in [3.8, 4) is 5.75 Å². The van der Waals surface area contributed by atoms with Crippen molar-refractivity contribution in [2.45, 2.75) is 50.9 Å². The number of hydrogen-bond donors (Lipinski definition) is 1. The molecular formula is C17H24N4O3S. The second-order valence-corrected chi connectivity index (χ2v) is 9.06. The van der Waals surface area contributed by atoms with Gasteiger partial charge < -0.3 is 4.74 Å². The molecule has 2 aliphatic rings. The van der Waals surface area contributed by atoms with Crippen LogP contribution in [0.25, 0.3) is 5.65 Å². The van der Waals surface area contributed by atoms with Crippen LogP contribution in [0, 0.1) is 5.92 Å². The van der Waals surface area contributed by atoms with Gasteiger partial charge in [-0.15, -0.1) is 10.2 Å². The molecule has 7 nitrogen and oxygen atoms in total. The highest BCUT2D eigenvalue weighted by Crippen LogP contribution is 2.45. The van der Waals surface area contributed by atoms with E-state index < -0.39 is 10.0 Å². The molecular weight excluding hydrogens is 340 g/mol. The first-order valence-corrected chi connectivity index (χ1v) is 10.9. The molecule has 25 heavy (non-hydrogen) atoms. The van der Waals surface area contributed by atoms with Gasteiger partial charge in [-0.1, -0.05) is 19.3 Å². The Morgan fingerprint density at radius 3 is 2.64 bits per heavy atom. The van der Waals surface area contributed by atoms with Crippen LogP contribution in [0.15, 0.2) is 12.3 Å². The number of nitrogens with zero attached hydrogens (tertiary/aromatic N) is 3. The first-order chi connectivity index (χ1) is 12.0. The van der Waals surface area contributed by atoms with Crippen molar-refractivity contribution in [3.63, 3.8) is 0 Å². The highest BCUT2D eigenvalue weighted by molar-refractivity contribution is 7.91. The minimum absolute atomic E-state index is 0.221. The molecule has 2 aliphatic carbocycles. The topological polar surface area (TPSA) is 85.6 Å². The van der Waals surface area contributed by atoms with Crippen molar-refractivity contribution in [3.05, 3.63) is 17.8 Å².